The summed E-state index contributed by atoms with van der Waals surface area (Å²) in [6, 6.07) is 12.1. The predicted molar refractivity (Wildman–Crippen MR) is 65.9 cm³/mol. The Kier molecular flexibility index (Phi) is 4.81. The zero-order valence-electron chi connectivity index (χ0n) is 7.83. The molecular weight excluding hydrogens is 331 g/mol. The van der Waals surface area contributed by atoms with Crippen molar-refractivity contribution in [3.63, 3.8) is 0 Å². The van der Waals surface area contributed by atoms with Crippen molar-refractivity contribution in [3.8, 4) is 0 Å². The molecule has 0 saturated heterocycles. The molecule has 2 radical (unpaired) electrons. The molecule has 0 amide bonds. The van der Waals surface area contributed by atoms with Crippen LogP contribution in [0.2, 0.25) is 0 Å². The molecule has 0 aromatic carbocycles. The van der Waals surface area contributed by atoms with Crippen LogP contribution in [0.1, 0.15) is 0 Å². The Morgan fingerprint density at radius 3 is 1.73 bits per heavy atom. The van der Waals surface area contributed by atoms with E-state index in [1.54, 1.807) is 0 Å². The van der Waals surface area contributed by atoms with Gasteiger partial charge >= 0.3 is 105 Å². The summed E-state index contributed by atoms with van der Waals surface area (Å²) in [6.07, 6.45) is 3.68. The predicted octanol–water partition coefficient (Wildman–Crippen LogP) is 2.90. The average Bonchev–Trinajstić information content (AvgIpc) is 2.32. The topological polar surface area (TPSA) is 25.8 Å². The summed E-state index contributed by atoms with van der Waals surface area (Å²) >= 11 is -0.549. The Bertz CT molecular complexity index is 357. The molecule has 0 aliphatic rings. The number of rotatable bonds is 4. The van der Waals surface area contributed by atoms with Gasteiger partial charge in [-0.05, 0) is 0 Å². The zero-order valence-corrected chi connectivity index (χ0v) is 12.3. The first-order valence-corrected chi connectivity index (χ1v) is 13.0. The molecule has 0 bridgehead atoms. The summed E-state index contributed by atoms with van der Waals surface area (Å²) in [4.78, 5) is 8.56. The molecule has 74 valence electrons. The maximum absolute atomic E-state index is 4.28. The fourth-order valence-corrected chi connectivity index (χ4v) is 9.82. The molecule has 2 aromatic rings. The standard InChI is InChI=1S/2C5H5NS.Sn/c2*7-5-3-1-2-4-6-5;/h2*1-4H,(H,6,7);/q;;+2/p-2. The second-order valence-electron chi connectivity index (χ2n) is 2.62. The Balaban J connectivity index is 1.81. The monoisotopic (exact) mass is 340 g/mol. The van der Waals surface area contributed by atoms with Crippen molar-refractivity contribution >= 4 is 36.3 Å². The van der Waals surface area contributed by atoms with Crippen LogP contribution in [-0.2, 0) is 0 Å². The summed E-state index contributed by atoms with van der Waals surface area (Å²) in [6.45, 7) is 0. The molecule has 0 atom stereocenters. The molecular formula is C10H8N2S2Sn. The van der Waals surface area contributed by atoms with Gasteiger partial charge in [-0.3, -0.25) is 0 Å². The van der Waals surface area contributed by atoms with Gasteiger partial charge in [0.1, 0.15) is 0 Å². The molecule has 5 heteroatoms. The van der Waals surface area contributed by atoms with Gasteiger partial charge in [0, 0.05) is 0 Å². The van der Waals surface area contributed by atoms with E-state index in [9.17, 15) is 0 Å². The molecule has 0 spiro atoms. The average molecular weight is 339 g/mol. The molecule has 2 rings (SSSR count). The SMILES string of the molecule is c1ccc([S][Sn][S]c2ccccn2)nc1. The normalized spacial score (nSPS) is 10.1. The summed E-state index contributed by atoms with van der Waals surface area (Å²) in [7, 11) is 3.79. The molecule has 0 N–H and O–H groups in total. The number of pyridine rings is 2. The second kappa shape index (κ2) is 6.40. The van der Waals surface area contributed by atoms with Crippen LogP contribution < -0.4 is 0 Å². The van der Waals surface area contributed by atoms with E-state index in [-0.39, 0.29) is 0 Å². The zero-order chi connectivity index (χ0) is 10.3. The van der Waals surface area contributed by atoms with Gasteiger partial charge in [-0.25, -0.2) is 0 Å². The molecule has 15 heavy (non-hydrogen) atoms. The summed E-state index contributed by atoms with van der Waals surface area (Å²) in [5.41, 5.74) is 0. The van der Waals surface area contributed by atoms with Crippen molar-refractivity contribution in [1.82, 2.24) is 9.97 Å². The van der Waals surface area contributed by atoms with Crippen molar-refractivity contribution in [2.45, 2.75) is 10.1 Å². The first-order valence-electron chi connectivity index (χ1n) is 4.36. The summed E-state index contributed by atoms with van der Waals surface area (Å²) in [5.74, 6) is 0. The van der Waals surface area contributed by atoms with Gasteiger partial charge in [0.25, 0.3) is 0 Å². The molecule has 2 aromatic heterocycles. The Hall–Kier alpha value is -0.201. The molecule has 2 heterocycles. The molecule has 0 saturated carbocycles. The van der Waals surface area contributed by atoms with Gasteiger partial charge in [0.2, 0.25) is 0 Å². The minimum absolute atomic E-state index is 0.549. The van der Waals surface area contributed by atoms with Crippen LogP contribution in [0.15, 0.2) is 58.8 Å². The van der Waals surface area contributed by atoms with Gasteiger partial charge in [-0.15, -0.1) is 0 Å². The van der Waals surface area contributed by atoms with Crippen molar-refractivity contribution in [2.24, 2.45) is 0 Å². The van der Waals surface area contributed by atoms with Crippen LogP contribution in [-0.4, -0.2) is 28.3 Å². The van der Waals surface area contributed by atoms with E-state index < -0.39 is 18.4 Å². The summed E-state index contributed by atoms with van der Waals surface area (Å²) in [5, 5.41) is 2.26. The van der Waals surface area contributed by atoms with Gasteiger partial charge < -0.3 is 0 Å². The molecule has 0 aliphatic heterocycles. The molecule has 0 fully saturated rings. The quantitative estimate of drug-likeness (QED) is 0.800. The third-order valence-corrected chi connectivity index (χ3v) is 11.0. The fraction of sp³-hybridized carbons (Fsp3) is 0. The number of hydrogen-bond donors (Lipinski definition) is 0. The first-order chi connectivity index (χ1) is 7.45. The maximum atomic E-state index is 4.28. The Labute approximate surface area is 104 Å². The number of aromatic nitrogens is 2. The van der Waals surface area contributed by atoms with E-state index in [1.165, 1.54) is 0 Å². The molecule has 0 unspecified atom stereocenters. The van der Waals surface area contributed by atoms with Crippen LogP contribution in [0, 0.1) is 0 Å². The number of nitrogens with zero attached hydrogens (tertiary/aromatic N) is 2. The van der Waals surface area contributed by atoms with E-state index in [0.717, 1.165) is 10.1 Å². The van der Waals surface area contributed by atoms with Crippen molar-refractivity contribution in [1.29, 1.82) is 0 Å². The first kappa shape index (κ1) is 11.3. The van der Waals surface area contributed by atoms with Crippen LogP contribution in [0.5, 0.6) is 0 Å². The molecule has 2 nitrogen and oxygen atoms in total. The number of hydrogen-bond acceptors (Lipinski definition) is 4. The van der Waals surface area contributed by atoms with Crippen LogP contribution >= 0.6 is 17.9 Å². The molecule has 0 aliphatic carbocycles. The van der Waals surface area contributed by atoms with Crippen molar-refractivity contribution in [3.05, 3.63) is 48.8 Å². The van der Waals surface area contributed by atoms with Crippen LogP contribution in [0.3, 0.4) is 0 Å². The van der Waals surface area contributed by atoms with Gasteiger partial charge in [0.05, 0.1) is 0 Å². The van der Waals surface area contributed by atoms with Crippen molar-refractivity contribution in [2.75, 3.05) is 0 Å². The minimum atomic E-state index is -0.549. The fourth-order valence-electron chi connectivity index (χ4n) is 0.921. The van der Waals surface area contributed by atoms with Crippen LogP contribution in [0.25, 0.3) is 0 Å². The van der Waals surface area contributed by atoms with Crippen molar-refractivity contribution < 1.29 is 0 Å². The van der Waals surface area contributed by atoms with Gasteiger partial charge in [-0.2, -0.15) is 0 Å². The third kappa shape index (κ3) is 4.04. The summed E-state index contributed by atoms with van der Waals surface area (Å²) < 4.78 is 0. The van der Waals surface area contributed by atoms with E-state index in [4.69, 9.17) is 0 Å². The second-order valence-corrected chi connectivity index (χ2v) is 12.3. The van der Waals surface area contributed by atoms with E-state index >= 15 is 0 Å². The van der Waals surface area contributed by atoms with E-state index in [1.807, 2.05) is 54.6 Å². The van der Waals surface area contributed by atoms with E-state index in [0.29, 0.717) is 0 Å². The van der Waals surface area contributed by atoms with E-state index in [2.05, 4.69) is 22.1 Å². The van der Waals surface area contributed by atoms with Gasteiger partial charge in [-0.1, -0.05) is 0 Å². The Morgan fingerprint density at radius 1 is 0.800 bits per heavy atom. The Morgan fingerprint density at radius 2 is 1.33 bits per heavy atom. The third-order valence-electron chi connectivity index (χ3n) is 1.57. The van der Waals surface area contributed by atoms with Crippen LogP contribution in [0.4, 0.5) is 0 Å². The van der Waals surface area contributed by atoms with Gasteiger partial charge in [0.15, 0.2) is 0 Å².